The van der Waals surface area contributed by atoms with Crippen LogP contribution in [0, 0.1) is 19.8 Å². The maximum atomic E-state index is 13.4. The van der Waals surface area contributed by atoms with Gasteiger partial charge in [-0.2, -0.15) is 4.31 Å². The van der Waals surface area contributed by atoms with Crippen LogP contribution >= 0.6 is 0 Å². The molecule has 3 heterocycles. The molecule has 1 aromatic heterocycles. The van der Waals surface area contributed by atoms with Gasteiger partial charge in [-0.1, -0.05) is 17.3 Å². The van der Waals surface area contributed by atoms with Gasteiger partial charge in [-0.05, 0) is 39.7 Å². The van der Waals surface area contributed by atoms with Crippen molar-refractivity contribution in [2.24, 2.45) is 5.92 Å². The molecule has 1 unspecified atom stereocenters. The minimum atomic E-state index is -3.78. The van der Waals surface area contributed by atoms with Gasteiger partial charge in [0.05, 0.1) is 5.92 Å². The summed E-state index contributed by atoms with van der Waals surface area (Å²) in [5.74, 6) is 1.17. The van der Waals surface area contributed by atoms with E-state index in [4.69, 9.17) is 14.0 Å². The molecule has 2 aliphatic heterocycles. The van der Waals surface area contributed by atoms with Crippen LogP contribution in [0.15, 0.2) is 27.6 Å². The second kappa shape index (κ2) is 9.11. The molecule has 4 rings (SSSR count). The zero-order chi connectivity index (χ0) is 22.9. The highest BCUT2D eigenvalue weighted by molar-refractivity contribution is 7.89. The van der Waals surface area contributed by atoms with E-state index in [2.05, 4.69) is 5.16 Å². The highest BCUT2D eigenvalue weighted by atomic mass is 32.2. The monoisotopic (exact) mass is 463 g/mol. The van der Waals surface area contributed by atoms with Crippen LogP contribution in [-0.4, -0.2) is 61.5 Å². The van der Waals surface area contributed by atoms with Crippen molar-refractivity contribution in [3.8, 4) is 11.5 Å². The first kappa shape index (κ1) is 22.6. The Morgan fingerprint density at radius 1 is 1.25 bits per heavy atom. The third kappa shape index (κ3) is 4.21. The van der Waals surface area contributed by atoms with Crippen LogP contribution in [-0.2, 0) is 21.4 Å². The summed E-state index contributed by atoms with van der Waals surface area (Å²) in [6, 6.07) is 5.67. The van der Waals surface area contributed by atoms with E-state index in [-0.39, 0.29) is 23.1 Å². The van der Waals surface area contributed by atoms with E-state index in [1.165, 1.54) is 4.31 Å². The molecule has 2 aliphatic rings. The Hall–Kier alpha value is -2.59. The first-order valence-electron chi connectivity index (χ1n) is 10.9. The van der Waals surface area contributed by atoms with E-state index < -0.39 is 15.9 Å². The number of carbonyl (C=O) groups is 1. The van der Waals surface area contributed by atoms with Crippen molar-refractivity contribution in [2.45, 2.75) is 45.1 Å². The Kier molecular flexibility index (Phi) is 6.43. The second-order valence-electron chi connectivity index (χ2n) is 8.15. The predicted molar refractivity (Wildman–Crippen MR) is 116 cm³/mol. The van der Waals surface area contributed by atoms with Crippen LogP contribution in [0.25, 0.3) is 0 Å². The van der Waals surface area contributed by atoms with Crippen molar-refractivity contribution in [1.29, 1.82) is 0 Å². The predicted octanol–water partition coefficient (Wildman–Crippen LogP) is 2.51. The Bertz CT molecular complexity index is 1080. The van der Waals surface area contributed by atoms with Gasteiger partial charge < -0.3 is 18.9 Å². The SMILES string of the molecule is CCN(Cc1cccc2c1OCCO2)C(=O)C1CCCN(S(=O)(=O)c2c(C)noc2C)C1. The van der Waals surface area contributed by atoms with E-state index in [1.807, 2.05) is 25.1 Å². The van der Waals surface area contributed by atoms with Gasteiger partial charge in [-0.3, -0.25) is 4.79 Å². The topological polar surface area (TPSA) is 102 Å². The molecule has 1 saturated heterocycles. The number of aryl methyl sites for hydroxylation is 2. The van der Waals surface area contributed by atoms with E-state index in [0.29, 0.717) is 62.9 Å². The van der Waals surface area contributed by atoms with Gasteiger partial charge in [0.25, 0.3) is 0 Å². The third-order valence-electron chi connectivity index (χ3n) is 6.00. The zero-order valence-electron chi connectivity index (χ0n) is 18.7. The first-order chi connectivity index (χ1) is 15.3. The fourth-order valence-electron chi connectivity index (χ4n) is 4.40. The number of benzene rings is 1. The summed E-state index contributed by atoms with van der Waals surface area (Å²) in [7, 11) is -3.78. The minimum absolute atomic E-state index is 0.0551. The molecule has 0 N–H and O–H groups in total. The number of ether oxygens (including phenoxy) is 2. The van der Waals surface area contributed by atoms with Gasteiger partial charge >= 0.3 is 0 Å². The molecule has 1 fully saturated rings. The number of para-hydroxylation sites is 1. The van der Waals surface area contributed by atoms with E-state index in [0.717, 1.165) is 5.56 Å². The van der Waals surface area contributed by atoms with Crippen molar-refractivity contribution in [1.82, 2.24) is 14.4 Å². The molecular formula is C22H29N3O6S. The maximum absolute atomic E-state index is 13.4. The summed E-state index contributed by atoms with van der Waals surface area (Å²) in [5.41, 5.74) is 1.22. The molecule has 0 radical (unpaired) electrons. The number of nitrogens with zero attached hydrogens (tertiary/aromatic N) is 3. The number of sulfonamides is 1. The lowest BCUT2D eigenvalue weighted by Crippen LogP contribution is -2.46. The molecule has 0 spiro atoms. The molecule has 174 valence electrons. The molecule has 9 nitrogen and oxygen atoms in total. The normalized spacial score (nSPS) is 19.0. The van der Waals surface area contributed by atoms with Crippen LogP contribution < -0.4 is 9.47 Å². The average molecular weight is 464 g/mol. The first-order valence-corrected chi connectivity index (χ1v) is 12.4. The number of hydrogen-bond acceptors (Lipinski definition) is 7. The summed E-state index contributed by atoms with van der Waals surface area (Å²) >= 11 is 0. The average Bonchev–Trinajstić information content (AvgIpc) is 3.15. The molecule has 0 saturated carbocycles. The second-order valence-corrected chi connectivity index (χ2v) is 10.0. The number of amides is 1. The number of piperidine rings is 1. The summed E-state index contributed by atoms with van der Waals surface area (Å²) in [4.78, 5) is 15.3. The number of hydrogen-bond donors (Lipinski definition) is 0. The molecule has 2 aromatic rings. The van der Waals surface area contributed by atoms with Crippen LogP contribution in [0.1, 0.15) is 36.8 Å². The van der Waals surface area contributed by atoms with E-state index >= 15 is 0 Å². The van der Waals surface area contributed by atoms with Gasteiger partial charge in [0.15, 0.2) is 17.3 Å². The van der Waals surface area contributed by atoms with Crippen molar-refractivity contribution in [3.63, 3.8) is 0 Å². The van der Waals surface area contributed by atoms with Crippen molar-refractivity contribution >= 4 is 15.9 Å². The smallest absolute Gasteiger partial charge is 0.248 e. The van der Waals surface area contributed by atoms with Crippen molar-refractivity contribution in [3.05, 3.63) is 35.2 Å². The quantitative estimate of drug-likeness (QED) is 0.649. The lowest BCUT2D eigenvalue weighted by Gasteiger charge is -2.34. The molecule has 1 aromatic carbocycles. The fraction of sp³-hybridized carbons (Fsp3) is 0.545. The Morgan fingerprint density at radius 3 is 2.75 bits per heavy atom. The molecular weight excluding hydrogens is 434 g/mol. The molecule has 1 atom stereocenters. The lowest BCUT2D eigenvalue weighted by molar-refractivity contribution is -0.137. The Balaban J connectivity index is 1.51. The highest BCUT2D eigenvalue weighted by Gasteiger charge is 2.37. The van der Waals surface area contributed by atoms with Gasteiger partial charge in [0.2, 0.25) is 15.9 Å². The van der Waals surface area contributed by atoms with E-state index in [9.17, 15) is 13.2 Å². The highest BCUT2D eigenvalue weighted by Crippen LogP contribution is 2.35. The van der Waals surface area contributed by atoms with Crippen molar-refractivity contribution < 1.29 is 27.2 Å². The number of carbonyl (C=O) groups excluding carboxylic acids is 1. The van der Waals surface area contributed by atoms with Gasteiger partial charge in [-0.25, -0.2) is 8.42 Å². The number of rotatable bonds is 6. The summed E-state index contributed by atoms with van der Waals surface area (Å²) in [6.45, 7) is 7.52. The third-order valence-corrected chi connectivity index (χ3v) is 8.11. The molecule has 32 heavy (non-hydrogen) atoms. The van der Waals surface area contributed by atoms with Crippen LogP contribution in [0.3, 0.4) is 0 Å². The lowest BCUT2D eigenvalue weighted by atomic mass is 9.97. The van der Waals surface area contributed by atoms with E-state index in [1.54, 1.807) is 18.7 Å². The standard InChI is InChI=1S/C22H29N3O6S/c1-4-24(13-17-7-5-9-19-20(17)30-12-11-29-19)22(26)18-8-6-10-25(14-18)32(27,28)21-15(2)23-31-16(21)3/h5,7,9,18H,4,6,8,10-14H2,1-3H3. The molecule has 1 amide bonds. The Labute approximate surface area is 188 Å². The van der Waals surface area contributed by atoms with Crippen LogP contribution in [0.4, 0.5) is 0 Å². The summed E-state index contributed by atoms with van der Waals surface area (Å²) in [5, 5.41) is 3.78. The number of aromatic nitrogens is 1. The molecule has 0 bridgehead atoms. The zero-order valence-corrected chi connectivity index (χ0v) is 19.5. The molecule has 0 aliphatic carbocycles. The van der Waals surface area contributed by atoms with Crippen LogP contribution in [0.5, 0.6) is 11.5 Å². The fourth-order valence-corrected chi connectivity index (χ4v) is 6.22. The summed E-state index contributed by atoms with van der Waals surface area (Å²) in [6.07, 6.45) is 1.27. The minimum Gasteiger partial charge on any atom is -0.486 e. The summed E-state index contributed by atoms with van der Waals surface area (Å²) < 4.78 is 44.3. The number of fused-ring (bicyclic) bond motifs is 1. The maximum Gasteiger partial charge on any atom is 0.248 e. The Morgan fingerprint density at radius 2 is 2.03 bits per heavy atom. The van der Waals surface area contributed by atoms with Crippen molar-refractivity contribution in [2.75, 3.05) is 32.8 Å². The van der Waals surface area contributed by atoms with Crippen LogP contribution in [0.2, 0.25) is 0 Å². The van der Waals surface area contributed by atoms with Gasteiger partial charge in [-0.15, -0.1) is 0 Å². The van der Waals surface area contributed by atoms with Gasteiger partial charge in [0, 0.05) is 31.7 Å². The molecule has 10 heteroatoms. The van der Waals surface area contributed by atoms with Gasteiger partial charge in [0.1, 0.15) is 23.8 Å². The largest absolute Gasteiger partial charge is 0.486 e.